The van der Waals surface area contributed by atoms with Crippen LogP contribution in [0.25, 0.3) is 0 Å². The van der Waals surface area contributed by atoms with E-state index < -0.39 is 5.41 Å². The van der Waals surface area contributed by atoms with Gasteiger partial charge in [-0.05, 0) is 82.0 Å². The maximum atomic E-state index is 12.8. The monoisotopic (exact) mass is 367 g/mol. The van der Waals surface area contributed by atoms with E-state index in [1.807, 2.05) is 0 Å². The molecule has 0 aromatic carbocycles. The van der Waals surface area contributed by atoms with Crippen LogP contribution < -0.4 is 5.32 Å². The van der Waals surface area contributed by atoms with E-state index in [0.29, 0.717) is 11.8 Å². The third-order valence-electron chi connectivity index (χ3n) is 7.14. The standard InChI is InChI=1S/C20H30ClNO3/c1-13-2-4-16(5-3-13)22-17(23)11-25-18(24)19-7-14-6-15(8-19)10-20(21,9-14)12-19/h13-16H,2-12H2,1H3,(H,22,23)/t13?,14-,15-,16?,19?,20?/m0/s1. The summed E-state index contributed by atoms with van der Waals surface area (Å²) >= 11 is 6.78. The van der Waals surface area contributed by atoms with E-state index in [-0.39, 0.29) is 29.4 Å². The molecule has 0 heterocycles. The van der Waals surface area contributed by atoms with Crippen molar-refractivity contribution in [3.05, 3.63) is 0 Å². The third-order valence-corrected chi connectivity index (χ3v) is 7.58. The lowest BCUT2D eigenvalue weighted by Crippen LogP contribution is -2.56. The fourth-order valence-corrected chi connectivity index (χ4v) is 7.04. The maximum absolute atomic E-state index is 12.8. The van der Waals surface area contributed by atoms with E-state index >= 15 is 0 Å². The zero-order valence-electron chi connectivity index (χ0n) is 15.2. The Labute approximate surface area is 155 Å². The molecule has 5 saturated carbocycles. The van der Waals surface area contributed by atoms with Crippen LogP contribution in [-0.4, -0.2) is 29.4 Å². The molecule has 25 heavy (non-hydrogen) atoms. The van der Waals surface area contributed by atoms with Gasteiger partial charge in [0.15, 0.2) is 6.61 Å². The van der Waals surface area contributed by atoms with Crippen molar-refractivity contribution < 1.29 is 14.3 Å². The van der Waals surface area contributed by atoms with Gasteiger partial charge >= 0.3 is 5.97 Å². The normalized spacial score (nSPS) is 45.2. The minimum Gasteiger partial charge on any atom is -0.455 e. The molecule has 4 bridgehead atoms. The second-order valence-electron chi connectivity index (χ2n) is 9.49. The van der Waals surface area contributed by atoms with Crippen molar-refractivity contribution in [1.29, 1.82) is 0 Å². The maximum Gasteiger partial charge on any atom is 0.312 e. The van der Waals surface area contributed by atoms with Crippen LogP contribution in [0.5, 0.6) is 0 Å². The molecule has 0 spiro atoms. The molecule has 0 radical (unpaired) electrons. The molecule has 4 nitrogen and oxygen atoms in total. The van der Waals surface area contributed by atoms with Crippen LogP contribution in [0.3, 0.4) is 0 Å². The molecule has 1 amide bonds. The number of hydrogen-bond donors (Lipinski definition) is 1. The van der Waals surface area contributed by atoms with Crippen molar-refractivity contribution in [1.82, 2.24) is 5.32 Å². The van der Waals surface area contributed by atoms with E-state index in [2.05, 4.69) is 12.2 Å². The lowest BCUT2D eigenvalue weighted by atomic mass is 9.49. The Balaban J connectivity index is 1.30. The Bertz CT molecular complexity index is 541. The fraction of sp³-hybridized carbons (Fsp3) is 0.900. The van der Waals surface area contributed by atoms with Crippen LogP contribution in [0, 0.1) is 23.2 Å². The van der Waals surface area contributed by atoms with Gasteiger partial charge in [0.2, 0.25) is 0 Å². The van der Waals surface area contributed by atoms with Crippen molar-refractivity contribution >= 4 is 23.5 Å². The highest BCUT2D eigenvalue weighted by molar-refractivity contribution is 6.24. The van der Waals surface area contributed by atoms with E-state index in [4.69, 9.17) is 16.3 Å². The lowest BCUT2D eigenvalue weighted by Gasteiger charge is -2.58. The molecule has 5 aliphatic carbocycles. The highest BCUT2D eigenvalue weighted by atomic mass is 35.5. The van der Waals surface area contributed by atoms with Crippen molar-refractivity contribution in [3.8, 4) is 0 Å². The zero-order valence-corrected chi connectivity index (χ0v) is 15.9. The first-order valence-electron chi connectivity index (χ1n) is 10.0. The number of ether oxygens (including phenoxy) is 1. The predicted octanol–water partition coefficient (Wildman–Crippen LogP) is 3.80. The van der Waals surface area contributed by atoms with Crippen LogP contribution >= 0.6 is 11.6 Å². The Morgan fingerprint density at radius 2 is 1.72 bits per heavy atom. The number of carbonyl (C=O) groups is 2. The first-order valence-corrected chi connectivity index (χ1v) is 10.4. The highest BCUT2D eigenvalue weighted by Crippen LogP contribution is 2.64. The molecule has 0 aromatic rings. The smallest absolute Gasteiger partial charge is 0.312 e. The van der Waals surface area contributed by atoms with Gasteiger partial charge in [-0.2, -0.15) is 0 Å². The molecular formula is C20H30ClNO3. The van der Waals surface area contributed by atoms with E-state index in [0.717, 1.165) is 63.7 Å². The van der Waals surface area contributed by atoms with Gasteiger partial charge in [-0.25, -0.2) is 0 Å². The lowest BCUT2D eigenvalue weighted by molar-refractivity contribution is -0.171. The molecule has 5 rings (SSSR count). The molecular weight excluding hydrogens is 338 g/mol. The van der Waals surface area contributed by atoms with Gasteiger partial charge in [0.05, 0.1) is 5.41 Å². The van der Waals surface area contributed by atoms with Crippen molar-refractivity contribution in [2.75, 3.05) is 6.61 Å². The SMILES string of the molecule is CC1CCC(NC(=O)COC(=O)C23C[C@@H]4C[C@H](CC(Cl)(C4)C2)C3)CC1. The number of nitrogens with one attached hydrogen (secondary N) is 1. The second kappa shape index (κ2) is 6.44. The van der Waals surface area contributed by atoms with Crippen molar-refractivity contribution in [2.24, 2.45) is 23.2 Å². The van der Waals surface area contributed by atoms with Crippen molar-refractivity contribution in [3.63, 3.8) is 0 Å². The molecule has 5 heteroatoms. The number of hydrogen-bond acceptors (Lipinski definition) is 3. The molecule has 140 valence electrons. The Morgan fingerprint density at radius 1 is 1.08 bits per heavy atom. The molecule has 2 atom stereocenters. The number of halogens is 1. The van der Waals surface area contributed by atoms with Crippen LogP contribution in [-0.2, 0) is 14.3 Å². The first kappa shape index (κ1) is 17.6. The number of amides is 1. The van der Waals surface area contributed by atoms with Gasteiger partial charge in [-0.3, -0.25) is 9.59 Å². The van der Waals surface area contributed by atoms with Gasteiger partial charge in [0.25, 0.3) is 5.91 Å². The summed E-state index contributed by atoms with van der Waals surface area (Å²) < 4.78 is 5.49. The van der Waals surface area contributed by atoms with Gasteiger partial charge in [-0.1, -0.05) is 6.92 Å². The average molecular weight is 368 g/mol. The molecule has 0 saturated heterocycles. The first-order chi connectivity index (χ1) is 11.9. The molecule has 0 unspecified atom stereocenters. The van der Waals surface area contributed by atoms with Gasteiger partial charge in [0, 0.05) is 10.9 Å². The van der Waals surface area contributed by atoms with Crippen LogP contribution in [0.2, 0.25) is 0 Å². The zero-order chi connectivity index (χ0) is 17.7. The number of esters is 1. The summed E-state index contributed by atoms with van der Waals surface area (Å²) in [6.07, 6.45) is 10.2. The van der Waals surface area contributed by atoms with Gasteiger partial charge in [0.1, 0.15) is 0 Å². The Hall–Kier alpha value is -0.770. The quantitative estimate of drug-likeness (QED) is 0.607. The molecule has 0 aromatic heterocycles. The Morgan fingerprint density at radius 3 is 2.32 bits per heavy atom. The summed E-state index contributed by atoms with van der Waals surface area (Å²) in [6, 6.07) is 0.244. The van der Waals surface area contributed by atoms with Crippen LogP contribution in [0.4, 0.5) is 0 Å². The number of rotatable bonds is 4. The summed E-state index contributed by atoms with van der Waals surface area (Å²) in [5.74, 6) is 1.54. The minimum atomic E-state index is -0.424. The second-order valence-corrected chi connectivity index (χ2v) is 10.3. The fourth-order valence-electron chi connectivity index (χ4n) is 6.35. The van der Waals surface area contributed by atoms with Crippen LogP contribution in [0.1, 0.15) is 71.1 Å². The molecule has 0 aliphatic heterocycles. The molecule has 5 fully saturated rings. The summed E-state index contributed by atoms with van der Waals surface area (Å²) in [4.78, 5) is 24.8. The summed E-state index contributed by atoms with van der Waals surface area (Å²) in [6.45, 7) is 2.12. The highest BCUT2D eigenvalue weighted by Gasteiger charge is 2.60. The van der Waals surface area contributed by atoms with Gasteiger partial charge in [-0.15, -0.1) is 11.6 Å². The van der Waals surface area contributed by atoms with Gasteiger partial charge < -0.3 is 10.1 Å². The third kappa shape index (κ3) is 3.56. The average Bonchev–Trinajstić information content (AvgIpc) is 2.52. The topological polar surface area (TPSA) is 55.4 Å². The minimum absolute atomic E-state index is 0.142. The molecule has 5 aliphatic rings. The van der Waals surface area contributed by atoms with Crippen molar-refractivity contribution in [2.45, 2.75) is 82.0 Å². The number of alkyl halides is 1. The van der Waals surface area contributed by atoms with Crippen LogP contribution in [0.15, 0.2) is 0 Å². The summed E-state index contributed by atoms with van der Waals surface area (Å²) in [5, 5.41) is 3.03. The van der Waals surface area contributed by atoms with E-state index in [1.54, 1.807) is 0 Å². The summed E-state index contributed by atoms with van der Waals surface area (Å²) in [5.41, 5.74) is -0.424. The largest absolute Gasteiger partial charge is 0.455 e. The number of carbonyl (C=O) groups excluding carboxylic acids is 2. The summed E-state index contributed by atoms with van der Waals surface area (Å²) in [7, 11) is 0. The predicted molar refractivity (Wildman–Crippen MR) is 96.2 cm³/mol. The van der Waals surface area contributed by atoms with E-state index in [1.165, 1.54) is 6.42 Å². The Kier molecular flexibility index (Phi) is 4.54. The molecule has 1 N–H and O–H groups in total. The van der Waals surface area contributed by atoms with E-state index in [9.17, 15) is 9.59 Å².